The van der Waals surface area contributed by atoms with Gasteiger partial charge in [0.25, 0.3) is 0 Å². The minimum absolute atomic E-state index is 0.0146. The highest BCUT2D eigenvalue weighted by atomic mass is 32.2. The normalized spacial score (nSPS) is 11.7. The summed E-state index contributed by atoms with van der Waals surface area (Å²) in [4.78, 5) is 21.9. The van der Waals surface area contributed by atoms with E-state index in [1.165, 1.54) is 24.3 Å². The topological polar surface area (TPSA) is 121 Å². The van der Waals surface area contributed by atoms with E-state index in [1.807, 2.05) is 0 Å². The predicted molar refractivity (Wildman–Crippen MR) is 74.4 cm³/mol. The molecular formula is C13H15NO6S. The number of aliphatic hydroxyl groups excluding tert-OH is 1. The summed E-state index contributed by atoms with van der Waals surface area (Å²) in [6.07, 6.45) is 1.91. The van der Waals surface area contributed by atoms with Gasteiger partial charge in [-0.15, -0.1) is 0 Å². The Hall–Kier alpha value is -2.03. The first-order valence-corrected chi connectivity index (χ1v) is 7.51. The molecule has 0 unspecified atom stereocenters. The van der Waals surface area contributed by atoms with Crippen molar-refractivity contribution >= 4 is 21.8 Å². The highest BCUT2D eigenvalue weighted by Crippen LogP contribution is 2.11. The van der Waals surface area contributed by atoms with Gasteiger partial charge >= 0.3 is 5.97 Å². The summed E-state index contributed by atoms with van der Waals surface area (Å²) < 4.78 is 26.0. The highest BCUT2D eigenvalue weighted by Gasteiger charge is 2.13. The maximum atomic E-state index is 11.8. The Bertz CT molecular complexity index is 633. The van der Waals surface area contributed by atoms with Crippen molar-refractivity contribution in [2.45, 2.75) is 11.3 Å². The second-order valence-corrected chi connectivity index (χ2v) is 5.80. The van der Waals surface area contributed by atoms with Crippen LogP contribution in [0.2, 0.25) is 0 Å². The molecule has 1 rings (SSSR count). The highest BCUT2D eigenvalue weighted by molar-refractivity contribution is 7.89. The monoisotopic (exact) mass is 313 g/mol. The van der Waals surface area contributed by atoms with Crippen molar-refractivity contribution < 1.29 is 28.2 Å². The van der Waals surface area contributed by atoms with E-state index in [9.17, 15) is 18.0 Å². The van der Waals surface area contributed by atoms with Crippen molar-refractivity contribution in [3.63, 3.8) is 0 Å². The number of ketones is 1. The van der Waals surface area contributed by atoms with E-state index in [4.69, 9.17) is 10.2 Å². The molecule has 0 aromatic heterocycles. The van der Waals surface area contributed by atoms with Crippen molar-refractivity contribution in [2.75, 3.05) is 13.2 Å². The van der Waals surface area contributed by atoms with Crippen LogP contribution in [0.4, 0.5) is 0 Å². The average Bonchev–Trinajstić information content (AvgIpc) is 2.45. The first-order chi connectivity index (χ1) is 9.86. The maximum absolute atomic E-state index is 11.8. The number of carboxylic acids is 1. The van der Waals surface area contributed by atoms with E-state index in [2.05, 4.69) is 4.72 Å². The van der Waals surface area contributed by atoms with Gasteiger partial charge in [0, 0.05) is 24.8 Å². The third-order valence-corrected chi connectivity index (χ3v) is 3.93. The lowest BCUT2D eigenvalue weighted by Gasteiger charge is -2.06. The lowest BCUT2D eigenvalue weighted by molar-refractivity contribution is -0.131. The fraction of sp³-hybridized carbons (Fsp3) is 0.231. The summed E-state index contributed by atoms with van der Waals surface area (Å²) in [6.45, 7) is -0.00721. The molecule has 0 heterocycles. The first-order valence-electron chi connectivity index (χ1n) is 6.03. The Morgan fingerprint density at radius 2 is 1.76 bits per heavy atom. The van der Waals surface area contributed by atoms with Crippen LogP contribution in [0.15, 0.2) is 41.3 Å². The van der Waals surface area contributed by atoms with Crippen LogP contribution in [0.25, 0.3) is 0 Å². The molecule has 1 aromatic rings. The molecule has 21 heavy (non-hydrogen) atoms. The number of nitrogens with one attached hydrogen (secondary N) is 1. The van der Waals surface area contributed by atoms with Gasteiger partial charge in [-0.3, -0.25) is 4.79 Å². The van der Waals surface area contributed by atoms with Gasteiger partial charge in [-0.05, 0) is 36.8 Å². The predicted octanol–water partition coefficient (Wildman–Crippen LogP) is 0.171. The van der Waals surface area contributed by atoms with Crippen LogP contribution in [-0.2, 0) is 14.8 Å². The minimum Gasteiger partial charge on any atom is -0.478 e. The fourth-order valence-corrected chi connectivity index (χ4v) is 2.48. The standard InChI is InChI=1S/C13H15NO6S/c15-9-1-8-14-21(19,20)11-4-2-10(3-5-11)12(16)6-7-13(17)18/h2-7,14-15H,1,8-9H2,(H,17,18)/b7-6+. The minimum atomic E-state index is -3.69. The van der Waals surface area contributed by atoms with Gasteiger partial charge in [0.05, 0.1) is 4.90 Å². The molecule has 0 aliphatic heterocycles. The number of carboxylic acid groups (broad SMARTS) is 1. The molecular weight excluding hydrogens is 298 g/mol. The largest absolute Gasteiger partial charge is 0.478 e. The zero-order valence-corrected chi connectivity index (χ0v) is 11.8. The Kier molecular flexibility index (Phi) is 6.22. The summed E-state index contributed by atoms with van der Waals surface area (Å²) >= 11 is 0. The van der Waals surface area contributed by atoms with E-state index in [0.717, 1.165) is 6.08 Å². The van der Waals surface area contributed by atoms with Gasteiger partial charge in [-0.2, -0.15) is 0 Å². The Morgan fingerprint density at radius 1 is 1.14 bits per heavy atom. The first kappa shape index (κ1) is 17.0. The molecule has 114 valence electrons. The summed E-state index contributed by atoms with van der Waals surface area (Å²) in [6, 6.07) is 5.11. The van der Waals surface area contributed by atoms with Gasteiger partial charge in [0.2, 0.25) is 10.0 Å². The number of sulfonamides is 1. The lowest BCUT2D eigenvalue weighted by atomic mass is 10.1. The molecule has 1 aromatic carbocycles. The number of benzene rings is 1. The van der Waals surface area contributed by atoms with Crippen molar-refractivity contribution in [3.05, 3.63) is 42.0 Å². The zero-order chi connectivity index (χ0) is 15.9. The molecule has 3 N–H and O–H groups in total. The van der Waals surface area contributed by atoms with Crippen molar-refractivity contribution in [1.29, 1.82) is 0 Å². The number of hydrogen-bond acceptors (Lipinski definition) is 5. The van der Waals surface area contributed by atoms with Crippen LogP contribution < -0.4 is 4.72 Å². The number of hydrogen-bond donors (Lipinski definition) is 3. The van der Waals surface area contributed by atoms with Gasteiger partial charge in [-0.25, -0.2) is 17.9 Å². The summed E-state index contributed by atoms with van der Waals surface area (Å²) in [5.74, 6) is -1.77. The lowest BCUT2D eigenvalue weighted by Crippen LogP contribution is -2.25. The molecule has 0 bridgehead atoms. The molecule has 8 heteroatoms. The molecule has 7 nitrogen and oxygen atoms in total. The second-order valence-electron chi connectivity index (χ2n) is 4.04. The maximum Gasteiger partial charge on any atom is 0.328 e. The number of aliphatic hydroxyl groups is 1. The fourth-order valence-electron chi connectivity index (χ4n) is 1.41. The molecule has 0 spiro atoms. The average molecular weight is 313 g/mol. The van der Waals surface area contributed by atoms with Crippen LogP contribution >= 0.6 is 0 Å². The quantitative estimate of drug-likeness (QED) is 0.357. The summed E-state index contributed by atoms with van der Waals surface area (Å²) in [5.41, 5.74) is 0.182. The SMILES string of the molecule is O=C(O)/C=C/C(=O)c1ccc(S(=O)(=O)NCCCO)cc1. The summed E-state index contributed by atoms with van der Waals surface area (Å²) in [7, 11) is -3.69. The van der Waals surface area contributed by atoms with E-state index in [0.29, 0.717) is 12.5 Å². The molecule has 0 aliphatic rings. The van der Waals surface area contributed by atoms with E-state index in [1.54, 1.807) is 0 Å². The number of carbonyl (C=O) groups is 2. The van der Waals surface area contributed by atoms with E-state index in [-0.39, 0.29) is 23.6 Å². The molecule has 0 radical (unpaired) electrons. The molecule has 0 saturated heterocycles. The smallest absolute Gasteiger partial charge is 0.328 e. The van der Waals surface area contributed by atoms with E-state index >= 15 is 0 Å². The van der Waals surface area contributed by atoms with Crippen molar-refractivity contribution in [1.82, 2.24) is 4.72 Å². The molecule has 0 atom stereocenters. The van der Waals surface area contributed by atoms with Gasteiger partial charge in [0.1, 0.15) is 0 Å². The Labute approximate surface area is 122 Å². The Morgan fingerprint density at radius 3 is 2.29 bits per heavy atom. The number of carbonyl (C=O) groups excluding carboxylic acids is 1. The second kappa shape index (κ2) is 7.67. The van der Waals surface area contributed by atoms with Crippen LogP contribution in [-0.4, -0.2) is 43.5 Å². The van der Waals surface area contributed by atoms with Crippen LogP contribution in [0.5, 0.6) is 0 Å². The molecule has 0 fully saturated rings. The number of aliphatic carboxylic acids is 1. The van der Waals surface area contributed by atoms with Crippen LogP contribution in [0, 0.1) is 0 Å². The third-order valence-electron chi connectivity index (χ3n) is 2.45. The Balaban J connectivity index is 2.82. The number of rotatable bonds is 8. The van der Waals surface area contributed by atoms with Gasteiger partial charge < -0.3 is 10.2 Å². The molecule has 0 aliphatic carbocycles. The van der Waals surface area contributed by atoms with Crippen molar-refractivity contribution in [2.24, 2.45) is 0 Å². The molecule has 0 saturated carbocycles. The van der Waals surface area contributed by atoms with E-state index < -0.39 is 21.8 Å². The van der Waals surface area contributed by atoms with Gasteiger partial charge in [-0.1, -0.05) is 0 Å². The van der Waals surface area contributed by atoms with Crippen LogP contribution in [0.1, 0.15) is 16.8 Å². The van der Waals surface area contributed by atoms with Gasteiger partial charge in [0.15, 0.2) is 5.78 Å². The van der Waals surface area contributed by atoms with Crippen molar-refractivity contribution in [3.8, 4) is 0 Å². The summed E-state index contributed by atoms with van der Waals surface area (Å²) in [5, 5.41) is 17.0. The zero-order valence-electron chi connectivity index (χ0n) is 11.0. The van der Waals surface area contributed by atoms with Crippen LogP contribution in [0.3, 0.4) is 0 Å². The number of allylic oxidation sites excluding steroid dienone is 1. The third kappa shape index (κ3) is 5.46. The molecule has 0 amide bonds.